The Morgan fingerprint density at radius 2 is 2.00 bits per heavy atom. The second kappa shape index (κ2) is 6.65. The van der Waals surface area contributed by atoms with Gasteiger partial charge in [0.25, 0.3) is 5.91 Å². The Morgan fingerprint density at radius 1 is 1.18 bits per heavy atom. The molecule has 28 heavy (non-hydrogen) atoms. The first-order valence-corrected chi connectivity index (χ1v) is 10.0. The van der Waals surface area contributed by atoms with Gasteiger partial charge in [-0.1, -0.05) is 11.6 Å². The second-order valence-corrected chi connectivity index (χ2v) is 8.04. The summed E-state index contributed by atoms with van der Waals surface area (Å²) in [4.78, 5) is 23.5. The van der Waals surface area contributed by atoms with Gasteiger partial charge in [-0.25, -0.2) is 4.98 Å². The molecular formula is C19H15ClN6OS. The smallest absolute Gasteiger partial charge is 0.254 e. The normalized spacial score (nSPS) is 16.4. The summed E-state index contributed by atoms with van der Waals surface area (Å²) >= 11 is 7.50. The van der Waals surface area contributed by atoms with Crippen molar-refractivity contribution in [1.29, 1.82) is 0 Å². The standard InChI is InChI=1S/C19H15ClN6OS/c1-11-16-23-24-17(18-22-14-10-21-7-6-15(14)28-18)26(16)9-8-25(11)19(27)12-2-4-13(20)5-3-12/h2-7,10-11H,8-9H2,1H3. The minimum atomic E-state index is -0.186. The lowest BCUT2D eigenvalue weighted by molar-refractivity contribution is 0.0638. The largest absolute Gasteiger partial charge is 0.327 e. The molecule has 3 aromatic heterocycles. The Hall–Kier alpha value is -2.84. The molecule has 1 aliphatic heterocycles. The van der Waals surface area contributed by atoms with Crippen LogP contribution in [0.15, 0.2) is 42.7 Å². The van der Waals surface area contributed by atoms with E-state index in [2.05, 4.69) is 24.7 Å². The van der Waals surface area contributed by atoms with Gasteiger partial charge in [-0.2, -0.15) is 0 Å². The quantitative estimate of drug-likeness (QED) is 0.502. The number of fused-ring (bicyclic) bond motifs is 2. The van der Waals surface area contributed by atoms with Gasteiger partial charge < -0.3 is 9.47 Å². The van der Waals surface area contributed by atoms with Gasteiger partial charge in [-0.3, -0.25) is 9.78 Å². The molecular weight excluding hydrogens is 396 g/mol. The van der Waals surface area contributed by atoms with Gasteiger partial charge >= 0.3 is 0 Å². The van der Waals surface area contributed by atoms with Crippen LogP contribution in [0.1, 0.15) is 29.1 Å². The van der Waals surface area contributed by atoms with E-state index < -0.39 is 0 Å². The third-order valence-corrected chi connectivity index (χ3v) is 6.20. The first-order valence-electron chi connectivity index (χ1n) is 8.82. The van der Waals surface area contributed by atoms with Crippen LogP contribution in [0.2, 0.25) is 5.02 Å². The Morgan fingerprint density at radius 3 is 2.79 bits per heavy atom. The number of carbonyl (C=O) groups excluding carboxylic acids is 1. The monoisotopic (exact) mass is 410 g/mol. The van der Waals surface area contributed by atoms with Crippen molar-refractivity contribution in [3.63, 3.8) is 0 Å². The lowest BCUT2D eigenvalue weighted by Crippen LogP contribution is -2.41. The molecule has 5 rings (SSSR count). The van der Waals surface area contributed by atoms with E-state index in [9.17, 15) is 4.79 Å². The average molecular weight is 411 g/mol. The molecule has 9 heteroatoms. The SMILES string of the molecule is CC1c2nnc(-c3nc4cnccc4s3)n2CCN1C(=O)c1ccc(Cl)cc1. The maximum atomic E-state index is 12.9. The summed E-state index contributed by atoms with van der Waals surface area (Å²) in [7, 11) is 0. The fourth-order valence-corrected chi connectivity index (χ4v) is 4.51. The fraction of sp³-hybridized carbons (Fsp3) is 0.211. The summed E-state index contributed by atoms with van der Waals surface area (Å²) in [5.74, 6) is 1.47. The number of hydrogen-bond donors (Lipinski definition) is 0. The van der Waals surface area contributed by atoms with Crippen molar-refractivity contribution in [1.82, 2.24) is 29.6 Å². The maximum absolute atomic E-state index is 12.9. The first-order chi connectivity index (χ1) is 13.6. The molecule has 0 saturated heterocycles. The van der Waals surface area contributed by atoms with Crippen molar-refractivity contribution in [3.8, 4) is 10.8 Å². The van der Waals surface area contributed by atoms with E-state index in [1.54, 1.807) is 48.0 Å². The molecule has 7 nitrogen and oxygen atoms in total. The van der Waals surface area contributed by atoms with Gasteiger partial charge in [0.15, 0.2) is 16.7 Å². The van der Waals surface area contributed by atoms with Crippen LogP contribution < -0.4 is 0 Å². The van der Waals surface area contributed by atoms with Gasteiger partial charge in [0.05, 0.1) is 16.9 Å². The zero-order valence-electron chi connectivity index (χ0n) is 14.9. The number of aromatic nitrogens is 5. The zero-order valence-corrected chi connectivity index (χ0v) is 16.5. The molecule has 1 amide bonds. The third kappa shape index (κ3) is 2.76. The fourth-order valence-electron chi connectivity index (χ4n) is 3.45. The Kier molecular flexibility index (Phi) is 4.10. The van der Waals surface area contributed by atoms with Crippen molar-refractivity contribution in [2.24, 2.45) is 0 Å². The van der Waals surface area contributed by atoms with Gasteiger partial charge in [-0.05, 0) is 37.3 Å². The predicted octanol–water partition coefficient (Wildman–Crippen LogP) is 3.82. The Bertz CT molecular complexity index is 1150. The lowest BCUT2D eigenvalue weighted by atomic mass is 10.1. The molecule has 1 aliphatic rings. The van der Waals surface area contributed by atoms with E-state index in [4.69, 9.17) is 11.6 Å². The van der Waals surface area contributed by atoms with Gasteiger partial charge in [0.2, 0.25) is 0 Å². The van der Waals surface area contributed by atoms with Crippen LogP contribution in [-0.4, -0.2) is 42.1 Å². The minimum absolute atomic E-state index is 0.0361. The lowest BCUT2D eigenvalue weighted by Gasteiger charge is -2.33. The Balaban J connectivity index is 1.47. The third-order valence-electron chi connectivity index (χ3n) is 4.92. The highest BCUT2D eigenvalue weighted by atomic mass is 35.5. The molecule has 0 fully saturated rings. The number of amides is 1. The predicted molar refractivity (Wildman–Crippen MR) is 107 cm³/mol. The summed E-state index contributed by atoms with van der Waals surface area (Å²) in [5, 5.41) is 10.2. The van der Waals surface area contributed by atoms with Crippen LogP contribution in [0.3, 0.4) is 0 Å². The molecule has 0 N–H and O–H groups in total. The molecule has 4 aromatic rings. The van der Waals surface area contributed by atoms with Crippen LogP contribution in [0.25, 0.3) is 21.0 Å². The van der Waals surface area contributed by atoms with Crippen molar-refractivity contribution in [2.75, 3.05) is 6.54 Å². The summed E-state index contributed by atoms with van der Waals surface area (Å²) in [6, 6.07) is 8.71. The highest BCUT2D eigenvalue weighted by Gasteiger charge is 2.32. The van der Waals surface area contributed by atoms with Gasteiger partial charge in [0, 0.05) is 29.9 Å². The van der Waals surface area contributed by atoms with E-state index in [-0.39, 0.29) is 11.9 Å². The summed E-state index contributed by atoms with van der Waals surface area (Å²) in [6.45, 7) is 3.17. The zero-order chi connectivity index (χ0) is 19.3. The summed E-state index contributed by atoms with van der Waals surface area (Å²) in [6.07, 6.45) is 3.50. The van der Waals surface area contributed by atoms with Crippen molar-refractivity contribution in [3.05, 3.63) is 59.1 Å². The van der Waals surface area contributed by atoms with Crippen LogP contribution in [-0.2, 0) is 6.54 Å². The van der Waals surface area contributed by atoms with Crippen LogP contribution in [0, 0.1) is 0 Å². The molecule has 1 aromatic carbocycles. The molecule has 140 valence electrons. The molecule has 1 atom stereocenters. The average Bonchev–Trinajstić information content (AvgIpc) is 3.32. The molecule has 0 spiro atoms. The number of nitrogens with zero attached hydrogens (tertiary/aromatic N) is 6. The van der Waals surface area contributed by atoms with Crippen LogP contribution >= 0.6 is 22.9 Å². The number of thiazole rings is 1. The minimum Gasteiger partial charge on any atom is -0.327 e. The van der Waals surface area contributed by atoms with E-state index in [0.717, 1.165) is 26.9 Å². The number of hydrogen-bond acceptors (Lipinski definition) is 6. The number of benzene rings is 1. The van der Waals surface area contributed by atoms with Crippen molar-refractivity contribution in [2.45, 2.75) is 19.5 Å². The second-order valence-electron chi connectivity index (χ2n) is 6.58. The number of rotatable bonds is 2. The van der Waals surface area contributed by atoms with E-state index in [1.807, 2.05) is 17.9 Å². The topological polar surface area (TPSA) is 76.8 Å². The molecule has 0 radical (unpaired) electrons. The Labute approximate surface area is 169 Å². The molecule has 4 heterocycles. The van der Waals surface area contributed by atoms with E-state index >= 15 is 0 Å². The van der Waals surface area contributed by atoms with Gasteiger partial charge in [0.1, 0.15) is 5.52 Å². The number of carbonyl (C=O) groups is 1. The highest BCUT2D eigenvalue weighted by molar-refractivity contribution is 7.21. The van der Waals surface area contributed by atoms with Crippen LogP contribution in [0.4, 0.5) is 0 Å². The van der Waals surface area contributed by atoms with Crippen LogP contribution in [0.5, 0.6) is 0 Å². The van der Waals surface area contributed by atoms with E-state index in [0.29, 0.717) is 23.7 Å². The number of halogens is 1. The highest BCUT2D eigenvalue weighted by Crippen LogP contribution is 2.33. The van der Waals surface area contributed by atoms with Crippen molar-refractivity contribution >= 4 is 39.1 Å². The number of pyridine rings is 1. The molecule has 0 saturated carbocycles. The summed E-state index contributed by atoms with van der Waals surface area (Å²) < 4.78 is 3.12. The van der Waals surface area contributed by atoms with Crippen molar-refractivity contribution < 1.29 is 4.79 Å². The van der Waals surface area contributed by atoms with E-state index in [1.165, 1.54) is 0 Å². The van der Waals surface area contributed by atoms with Gasteiger partial charge in [-0.15, -0.1) is 21.5 Å². The first kappa shape index (κ1) is 17.3. The summed E-state index contributed by atoms with van der Waals surface area (Å²) in [5.41, 5.74) is 1.46. The maximum Gasteiger partial charge on any atom is 0.254 e. The molecule has 0 aliphatic carbocycles. The molecule has 1 unspecified atom stereocenters. The molecule has 0 bridgehead atoms.